The topological polar surface area (TPSA) is 86.0 Å². The van der Waals surface area contributed by atoms with Gasteiger partial charge in [0.25, 0.3) is 0 Å². The summed E-state index contributed by atoms with van der Waals surface area (Å²) >= 11 is 0. The Morgan fingerprint density at radius 2 is 1.76 bits per heavy atom. The molecule has 0 saturated carbocycles. The summed E-state index contributed by atoms with van der Waals surface area (Å²) in [4.78, 5) is 27.1. The number of hydrogen-bond acceptors (Lipinski definition) is 2. The first-order valence-electron chi connectivity index (χ1n) is 8.00. The standard InChI is InChI=1S/C19H20N4O2/c1-12-4-3-5-15(8-12)23-19(25)20-11-18(24)22-16-6-7-17-14(10-16)9-13(2)21-17/h3-10,21H,11H2,1-2H3,(H,22,24)(H2,20,23,25). The van der Waals surface area contributed by atoms with Crippen molar-refractivity contribution in [2.75, 3.05) is 17.2 Å². The molecule has 0 fully saturated rings. The highest BCUT2D eigenvalue weighted by molar-refractivity contribution is 5.98. The van der Waals surface area contributed by atoms with E-state index in [0.29, 0.717) is 11.4 Å². The number of benzene rings is 2. The first kappa shape index (κ1) is 16.6. The summed E-state index contributed by atoms with van der Waals surface area (Å²) in [5.74, 6) is -0.286. The van der Waals surface area contributed by atoms with Crippen molar-refractivity contribution in [2.45, 2.75) is 13.8 Å². The van der Waals surface area contributed by atoms with Gasteiger partial charge in [-0.2, -0.15) is 0 Å². The number of carbonyl (C=O) groups excluding carboxylic acids is 2. The Morgan fingerprint density at radius 3 is 2.56 bits per heavy atom. The van der Waals surface area contributed by atoms with Crippen LogP contribution >= 0.6 is 0 Å². The van der Waals surface area contributed by atoms with Crippen molar-refractivity contribution < 1.29 is 9.59 Å². The van der Waals surface area contributed by atoms with E-state index in [9.17, 15) is 9.59 Å². The predicted octanol–water partition coefficient (Wildman–Crippen LogP) is 3.54. The smallest absolute Gasteiger partial charge is 0.319 e. The second kappa shape index (κ2) is 7.09. The van der Waals surface area contributed by atoms with Gasteiger partial charge in [-0.25, -0.2) is 4.79 Å². The summed E-state index contributed by atoms with van der Waals surface area (Å²) in [6.07, 6.45) is 0. The third-order valence-corrected chi connectivity index (χ3v) is 3.72. The van der Waals surface area contributed by atoms with Crippen LogP contribution in [0.1, 0.15) is 11.3 Å². The molecule has 3 rings (SSSR count). The zero-order valence-corrected chi connectivity index (χ0v) is 14.1. The molecule has 128 valence electrons. The van der Waals surface area contributed by atoms with Crippen LogP contribution in [0.4, 0.5) is 16.2 Å². The summed E-state index contributed by atoms with van der Waals surface area (Å²) in [7, 11) is 0. The van der Waals surface area contributed by atoms with Crippen molar-refractivity contribution in [1.82, 2.24) is 10.3 Å². The van der Waals surface area contributed by atoms with Crippen LogP contribution in [0.25, 0.3) is 10.9 Å². The lowest BCUT2D eigenvalue weighted by Gasteiger charge is -2.09. The van der Waals surface area contributed by atoms with Crippen LogP contribution in [0.3, 0.4) is 0 Å². The number of amides is 3. The second-order valence-electron chi connectivity index (χ2n) is 5.98. The van der Waals surface area contributed by atoms with Crippen LogP contribution in [-0.4, -0.2) is 23.5 Å². The highest BCUT2D eigenvalue weighted by Gasteiger charge is 2.07. The molecule has 25 heavy (non-hydrogen) atoms. The van der Waals surface area contributed by atoms with Gasteiger partial charge in [0, 0.05) is 28.0 Å². The number of rotatable bonds is 4. The Hall–Kier alpha value is -3.28. The normalized spacial score (nSPS) is 10.5. The number of aromatic amines is 1. The van der Waals surface area contributed by atoms with Gasteiger partial charge in [-0.1, -0.05) is 12.1 Å². The Morgan fingerprint density at radius 1 is 0.960 bits per heavy atom. The molecule has 2 aromatic carbocycles. The molecule has 0 aliphatic rings. The number of aromatic nitrogens is 1. The number of hydrogen-bond donors (Lipinski definition) is 4. The average Bonchev–Trinajstić information content (AvgIpc) is 2.92. The zero-order valence-electron chi connectivity index (χ0n) is 14.1. The Balaban J connectivity index is 1.52. The van der Waals surface area contributed by atoms with Gasteiger partial charge in [-0.05, 0) is 55.8 Å². The van der Waals surface area contributed by atoms with Crippen LogP contribution in [0.2, 0.25) is 0 Å². The molecular formula is C19H20N4O2. The molecule has 1 heterocycles. The maximum Gasteiger partial charge on any atom is 0.319 e. The molecule has 0 bridgehead atoms. The van der Waals surface area contributed by atoms with E-state index in [1.165, 1.54) is 0 Å². The van der Waals surface area contributed by atoms with E-state index in [1.54, 1.807) is 6.07 Å². The summed E-state index contributed by atoms with van der Waals surface area (Å²) in [6.45, 7) is 3.82. The quantitative estimate of drug-likeness (QED) is 0.587. The molecule has 0 atom stereocenters. The second-order valence-corrected chi connectivity index (χ2v) is 5.98. The van der Waals surface area contributed by atoms with Crippen LogP contribution < -0.4 is 16.0 Å². The van der Waals surface area contributed by atoms with Gasteiger partial charge < -0.3 is 20.9 Å². The van der Waals surface area contributed by atoms with E-state index < -0.39 is 6.03 Å². The van der Waals surface area contributed by atoms with Crippen molar-refractivity contribution in [3.63, 3.8) is 0 Å². The van der Waals surface area contributed by atoms with E-state index in [4.69, 9.17) is 0 Å². The summed E-state index contributed by atoms with van der Waals surface area (Å²) < 4.78 is 0. The number of urea groups is 1. The van der Waals surface area contributed by atoms with Gasteiger partial charge in [0.15, 0.2) is 0 Å². The molecule has 6 nitrogen and oxygen atoms in total. The minimum absolute atomic E-state index is 0.109. The van der Waals surface area contributed by atoms with Crippen molar-refractivity contribution in [2.24, 2.45) is 0 Å². The lowest BCUT2D eigenvalue weighted by Crippen LogP contribution is -2.35. The maximum atomic E-state index is 12.0. The lowest BCUT2D eigenvalue weighted by molar-refractivity contribution is -0.115. The fraction of sp³-hybridized carbons (Fsp3) is 0.158. The molecule has 3 aromatic rings. The summed E-state index contributed by atoms with van der Waals surface area (Å²) in [6, 6.07) is 14.7. The number of carbonyl (C=O) groups is 2. The largest absolute Gasteiger partial charge is 0.359 e. The minimum atomic E-state index is -0.419. The number of nitrogens with one attached hydrogen (secondary N) is 4. The molecule has 0 aliphatic carbocycles. The SMILES string of the molecule is Cc1cccc(NC(=O)NCC(=O)Nc2ccc3[nH]c(C)cc3c2)c1. The van der Waals surface area contributed by atoms with Crippen molar-refractivity contribution >= 4 is 34.2 Å². The van der Waals surface area contributed by atoms with E-state index >= 15 is 0 Å². The number of aryl methyl sites for hydroxylation is 2. The minimum Gasteiger partial charge on any atom is -0.359 e. The van der Waals surface area contributed by atoms with Crippen LogP contribution in [0.15, 0.2) is 48.5 Å². The Bertz CT molecular complexity index is 930. The molecule has 4 N–H and O–H groups in total. The zero-order chi connectivity index (χ0) is 17.8. The van der Waals surface area contributed by atoms with E-state index in [0.717, 1.165) is 22.2 Å². The summed E-state index contributed by atoms with van der Waals surface area (Å²) in [5.41, 5.74) is 4.51. The summed E-state index contributed by atoms with van der Waals surface area (Å²) in [5, 5.41) is 9.04. The van der Waals surface area contributed by atoms with E-state index in [1.807, 2.05) is 56.3 Å². The highest BCUT2D eigenvalue weighted by atomic mass is 16.2. The van der Waals surface area contributed by atoms with Gasteiger partial charge in [-0.3, -0.25) is 4.79 Å². The first-order chi connectivity index (χ1) is 12.0. The molecule has 3 amide bonds. The van der Waals surface area contributed by atoms with Crippen molar-refractivity contribution in [3.05, 3.63) is 59.8 Å². The third-order valence-electron chi connectivity index (χ3n) is 3.72. The van der Waals surface area contributed by atoms with Gasteiger partial charge in [0.1, 0.15) is 0 Å². The fourth-order valence-corrected chi connectivity index (χ4v) is 2.62. The molecule has 0 saturated heterocycles. The van der Waals surface area contributed by atoms with Gasteiger partial charge >= 0.3 is 6.03 Å². The van der Waals surface area contributed by atoms with Gasteiger partial charge in [0.05, 0.1) is 6.54 Å². The van der Waals surface area contributed by atoms with Crippen molar-refractivity contribution in [3.8, 4) is 0 Å². The Kier molecular flexibility index (Phi) is 4.70. The van der Waals surface area contributed by atoms with Crippen LogP contribution in [-0.2, 0) is 4.79 Å². The number of fused-ring (bicyclic) bond motifs is 1. The fourth-order valence-electron chi connectivity index (χ4n) is 2.62. The first-order valence-corrected chi connectivity index (χ1v) is 8.00. The van der Waals surface area contributed by atoms with E-state index in [-0.39, 0.29) is 12.5 Å². The molecule has 0 unspecified atom stereocenters. The van der Waals surface area contributed by atoms with Gasteiger partial charge in [-0.15, -0.1) is 0 Å². The van der Waals surface area contributed by atoms with Gasteiger partial charge in [0.2, 0.25) is 5.91 Å². The third kappa shape index (κ3) is 4.38. The molecule has 0 aliphatic heterocycles. The Labute approximate surface area is 145 Å². The van der Waals surface area contributed by atoms with Crippen LogP contribution in [0, 0.1) is 13.8 Å². The van der Waals surface area contributed by atoms with Crippen LogP contribution in [0.5, 0.6) is 0 Å². The number of H-pyrrole nitrogens is 1. The number of anilines is 2. The molecule has 6 heteroatoms. The monoisotopic (exact) mass is 336 g/mol. The molecular weight excluding hydrogens is 316 g/mol. The maximum absolute atomic E-state index is 12.0. The highest BCUT2D eigenvalue weighted by Crippen LogP contribution is 2.19. The van der Waals surface area contributed by atoms with E-state index in [2.05, 4.69) is 20.9 Å². The molecule has 0 radical (unpaired) electrons. The average molecular weight is 336 g/mol. The molecule has 0 spiro atoms. The predicted molar refractivity (Wildman–Crippen MR) is 99.9 cm³/mol. The molecule has 1 aromatic heterocycles. The lowest BCUT2D eigenvalue weighted by atomic mass is 10.2. The van der Waals surface area contributed by atoms with Crippen molar-refractivity contribution in [1.29, 1.82) is 0 Å².